The molecule has 1 unspecified atom stereocenters. The fraction of sp³-hybridized carbons (Fsp3) is 0.263. The predicted octanol–water partition coefficient (Wildman–Crippen LogP) is 4.55. The molecule has 25 heavy (non-hydrogen) atoms. The summed E-state index contributed by atoms with van der Waals surface area (Å²) in [5.41, 5.74) is 4.04. The first-order chi connectivity index (χ1) is 11.9. The smallest absolute Gasteiger partial charge is 0.238 e. The van der Waals surface area contributed by atoms with Crippen molar-refractivity contribution in [1.82, 2.24) is 0 Å². The lowest BCUT2D eigenvalue weighted by Crippen LogP contribution is -2.29. The van der Waals surface area contributed by atoms with Crippen molar-refractivity contribution >= 4 is 41.1 Å². The van der Waals surface area contributed by atoms with E-state index in [0.29, 0.717) is 17.7 Å². The van der Waals surface area contributed by atoms with E-state index < -0.39 is 0 Å². The minimum atomic E-state index is -0.299. The fourth-order valence-corrected chi connectivity index (χ4v) is 4.42. The number of thioether (sulfide) groups is 1. The van der Waals surface area contributed by atoms with Crippen LogP contribution in [0.25, 0.3) is 0 Å². The highest BCUT2D eigenvalue weighted by Crippen LogP contribution is 2.44. The molecular weight excluding hydrogens is 357 g/mol. The van der Waals surface area contributed by atoms with Gasteiger partial charge >= 0.3 is 0 Å². The van der Waals surface area contributed by atoms with Gasteiger partial charge in [-0.1, -0.05) is 19.1 Å². The van der Waals surface area contributed by atoms with Gasteiger partial charge in [-0.05, 0) is 54.3 Å². The predicted molar refractivity (Wildman–Crippen MR) is 103 cm³/mol. The third-order valence-electron chi connectivity index (χ3n) is 4.27. The Balaban J connectivity index is 2.10. The van der Waals surface area contributed by atoms with Crippen LogP contribution in [-0.2, 0) is 11.2 Å². The van der Waals surface area contributed by atoms with Gasteiger partial charge in [0.15, 0.2) is 0 Å². The molecule has 0 saturated carbocycles. The fourth-order valence-electron chi connectivity index (χ4n) is 3.13. The summed E-state index contributed by atoms with van der Waals surface area (Å²) in [6.45, 7) is 3.89. The van der Waals surface area contributed by atoms with Gasteiger partial charge in [-0.2, -0.15) is 0 Å². The second kappa shape index (κ2) is 7.22. The van der Waals surface area contributed by atoms with Crippen LogP contribution >= 0.6 is 24.4 Å². The largest absolute Gasteiger partial charge is 0.295 e. The molecule has 1 heterocycles. The van der Waals surface area contributed by atoms with Crippen LogP contribution in [0.15, 0.2) is 36.4 Å². The highest BCUT2D eigenvalue weighted by molar-refractivity contribution is 8.00. The van der Waals surface area contributed by atoms with E-state index >= 15 is 0 Å². The second-order valence-corrected chi connectivity index (χ2v) is 7.41. The molecular formula is C19H18FNO2S2. The molecule has 0 aliphatic carbocycles. The summed E-state index contributed by atoms with van der Waals surface area (Å²) in [7, 11) is 0. The molecule has 3 rings (SSSR count). The van der Waals surface area contributed by atoms with E-state index in [0.717, 1.165) is 22.4 Å². The van der Waals surface area contributed by atoms with Crippen molar-refractivity contribution in [3.8, 4) is 0 Å². The molecule has 1 saturated heterocycles. The van der Waals surface area contributed by atoms with Crippen LogP contribution in [0, 0.1) is 12.7 Å². The molecule has 1 amide bonds. The Kier molecular flexibility index (Phi) is 5.20. The van der Waals surface area contributed by atoms with Crippen LogP contribution < -0.4 is 4.90 Å². The Morgan fingerprint density at radius 3 is 2.60 bits per heavy atom. The van der Waals surface area contributed by atoms with Crippen molar-refractivity contribution in [2.75, 3.05) is 10.7 Å². The lowest BCUT2D eigenvalue weighted by atomic mass is 10.00. The minimum absolute atomic E-state index is 0.0158. The van der Waals surface area contributed by atoms with Crippen LogP contribution in [0.2, 0.25) is 0 Å². The summed E-state index contributed by atoms with van der Waals surface area (Å²) in [4.78, 5) is 26.0. The van der Waals surface area contributed by atoms with Crippen LogP contribution in [0.4, 0.5) is 10.1 Å². The molecule has 130 valence electrons. The summed E-state index contributed by atoms with van der Waals surface area (Å²) >= 11 is 5.43. The number of amides is 1. The molecule has 2 aromatic carbocycles. The van der Waals surface area contributed by atoms with Gasteiger partial charge in [0, 0.05) is 5.56 Å². The molecule has 6 heteroatoms. The van der Waals surface area contributed by atoms with Gasteiger partial charge in [0.25, 0.3) is 0 Å². The van der Waals surface area contributed by atoms with E-state index in [1.54, 1.807) is 29.2 Å². The molecule has 0 spiro atoms. The van der Waals surface area contributed by atoms with Gasteiger partial charge in [0.05, 0.1) is 11.4 Å². The number of benzene rings is 2. The quantitative estimate of drug-likeness (QED) is 0.797. The van der Waals surface area contributed by atoms with Crippen molar-refractivity contribution in [2.24, 2.45) is 0 Å². The average Bonchev–Trinajstić information content (AvgIpc) is 2.96. The lowest BCUT2D eigenvalue weighted by Gasteiger charge is -2.28. The molecule has 0 radical (unpaired) electrons. The van der Waals surface area contributed by atoms with E-state index in [1.165, 1.54) is 23.9 Å². The summed E-state index contributed by atoms with van der Waals surface area (Å²) in [6, 6.07) is 9.81. The summed E-state index contributed by atoms with van der Waals surface area (Å²) in [5.74, 6) is 0.0894. The number of carbonyl (C=O) groups is 2. The number of hydrogen-bond donors (Lipinski definition) is 1. The van der Waals surface area contributed by atoms with Crippen molar-refractivity contribution in [3.63, 3.8) is 0 Å². The van der Waals surface area contributed by atoms with Crippen LogP contribution in [0.3, 0.4) is 0 Å². The topological polar surface area (TPSA) is 37.4 Å². The molecule has 1 aliphatic rings. The van der Waals surface area contributed by atoms with E-state index in [9.17, 15) is 14.0 Å². The monoisotopic (exact) mass is 375 g/mol. The van der Waals surface area contributed by atoms with E-state index in [1.807, 2.05) is 13.8 Å². The lowest BCUT2D eigenvalue weighted by molar-refractivity contribution is -0.115. The van der Waals surface area contributed by atoms with Crippen LogP contribution in [-0.4, -0.2) is 16.8 Å². The van der Waals surface area contributed by atoms with Crippen molar-refractivity contribution in [2.45, 2.75) is 25.6 Å². The standard InChI is InChI=1S/C19H18FNO2S2/c1-3-12-9-14(19(23)24)8-11(2)17(12)21-16(22)10-25-18(21)13-4-6-15(20)7-5-13/h4-9,18H,3,10H2,1-2H3,(H,23,24). The molecule has 1 aliphatic heterocycles. The van der Waals surface area contributed by atoms with Crippen LogP contribution in [0.5, 0.6) is 0 Å². The Hall–Kier alpha value is -1.79. The maximum Gasteiger partial charge on any atom is 0.238 e. The molecule has 1 atom stereocenters. The van der Waals surface area contributed by atoms with Gasteiger partial charge in [0.2, 0.25) is 11.0 Å². The first-order valence-corrected chi connectivity index (χ1v) is 9.48. The van der Waals surface area contributed by atoms with Gasteiger partial charge in [-0.3, -0.25) is 14.5 Å². The van der Waals surface area contributed by atoms with Crippen molar-refractivity contribution < 1.29 is 14.0 Å². The Morgan fingerprint density at radius 1 is 1.32 bits per heavy atom. The third-order valence-corrected chi connectivity index (χ3v) is 5.74. The Labute approximate surface area is 156 Å². The van der Waals surface area contributed by atoms with E-state index in [2.05, 4.69) is 12.6 Å². The second-order valence-electron chi connectivity index (χ2n) is 5.94. The summed E-state index contributed by atoms with van der Waals surface area (Å²) < 4.78 is 13.2. The summed E-state index contributed by atoms with van der Waals surface area (Å²) in [6.07, 6.45) is 0.690. The zero-order valence-corrected chi connectivity index (χ0v) is 15.7. The number of thiol groups is 1. The molecule has 2 aromatic rings. The van der Waals surface area contributed by atoms with E-state index in [-0.39, 0.29) is 22.2 Å². The zero-order chi connectivity index (χ0) is 18.1. The highest BCUT2D eigenvalue weighted by atomic mass is 32.2. The number of aryl methyl sites for hydroxylation is 2. The molecule has 3 nitrogen and oxygen atoms in total. The minimum Gasteiger partial charge on any atom is -0.295 e. The molecule has 0 bridgehead atoms. The van der Waals surface area contributed by atoms with Crippen LogP contribution in [0.1, 0.15) is 39.3 Å². The van der Waals surface area contributed by atoms with Crippen molar-refractivity contribution in [3.05, 3.63) is 64.5 Å². The van der Waals surface area contributed by atoms with Gasteiger partial charge in [-0.15, -0.1) is 24.4 Å². The zero-order valence-electron chi connectivity index (χ0n) is 14.0. The number of halogens is 1. The third kappa shape index (κ3) is 3.46. The average molecular weight is 375 g/mol. The van der Waals surface area contributed by atoms with Gasteiger partial charge in [0.1, 0.15) is 11.2 Å². The Bertz CT molecular complexity index is 836. The molecule has 1 fully saturated rings. The number of hydrogen-bond acceptors (Lipinski definition) is 3. The van der Waals surface area contributed by atoms with Crippen molar-refractivity contribution in [1.29, 1.82) is 0 Å². The van der Waals surface area contributed by atoms with Gasteiger partial charge < -0.3 is 0 Å². The number of anilines is 1. The number of carbonyl (C=O) groups excluding carboxylic acids is 2. The highest BCUT2D eigenvalue weighted by Gasteiger charge is 2.36. The first-order valence-electron chi connectivity index (χ1n) is 7.98. The SMILES string of the molecule is CCc1cc(C(=O)S)cc(C)c1N1C(=O)CSC1c1ccc(F)cc1. The Morgan fingerprint density at radius 2 is 2.00 bits per heavy atom. The van der Waals surface area contributed by atoms with E-state index in [4.69, 9.17) is 0 Å². The maximum atomic E-state index is 13.2. The maximum absolute atomic E-state index is 13.2. The normalized spacial score (nSPS) is 17.2. The number of nitrogens with zero attached hydrogens (tertiary/aromatic N) is 1. The molecule has 0 N–H and O–H groups in total. The summed E-state index contributed by atoms with van der Waals surface area (Å²) in [5, 5.41) is -0.490. The van der Waals surface area contributed by atoms with Gasteiger partial charge in [-0.25, -0.2) is 4.39 Å². The first kappa shape index (κ1) is 18.0. The molecule has 0 aromatic heterocycles. The number of rotatable bonds is 4.